The summed E-state index contributed by atoms with van der Waals surface area (Å²) in [6, 6.07) is 0.672. The standard InChI is InChI=1S/C20H27F3N4O2/c1-18(2,3)11-19(4,5)26-17(28)12-10-24-27-15(20(21,22)23)9-13(25-16(12)27)14-7-6-8-29-14/h6-8,10,13,15,25H,9,11H2,1-5H3,(H,26,28)/t13-,15-/m1/s1. The highest BCUT2D eigenvalue weighted by Gasteiger charge is 2.48. The first kappa shape index (κ1) is 21.3. The van der Waals surface area contributed by atoms with Crippen LogP contribution in [-0.2, 0) is 0 Å². The third-order valence-electron chi connectivity index (χ3n) is 4.79. The van der Waals surface area contributed by atoms with E-state index in [-0.39, 0.29) is 23.2 Å². The highest BCUT2D eigenvalue weighted by molar-refractivity contribution is 5.99. The van der Waals surface area contributed by atoms with Crippen molar-refractivity contribution in [2.45, 2.75) is 71.3 Å². The molecule has 0 spiro atoms. The summed E-state index contributed by atoms with van der Waals surface area (Å²) in [6.45, 7) is 9.97. The van der Waals surface area contributed by atoms with Crippen LogP contribution in [0.5, 0.6) is 0 Å². The molecule has 0 radical (unpaired) electrons. The number of halogens is 3. The molecule has 1 aliphatic rings. The number of nitrogens with one attached hydrogen (secondary N) is 2. The Hall–Kier alpha value is -2.45. The van der Waals surface area contributed by atoms with Crippen molar-refractivity contribution in [3.63, 3.8) is 0 Å². The molecule has 0 aliphatic carbocycles. The highest BCUT2D eigenvalue weighted by atomic mass is 19.4. The SMILES string of the molecule is CC(C)(C)CC(C)(C)NC(=O)c1cnn2c1N[C@@H](c1ccco1)C[C@@H]2C(F)(F)F. The van der Waals surface area contributed by atoms with Crippen LogP contribution in [0.15, 0.2) is 29.0 Å². The fourth-order valence-electron chi connectivity index (χ4n) is 4.15. The monoisotopic (exact) mass is 412 g/mol. The van der Waals surface area contributed by atoms with Crippen molar-refractivity contribution >= 4 is 11.7 Å². The zero-order chi connectivity index (χ0) is 21.6. The Morgan fingerprint density at radius 2 is 2.00 bits per heavy atom. The summed E-state index contributed by atoms with van der Waals surface area (Å²) >= 11 is 0. The second-order valence-electron chi connectivity index (χ2n) is 9.43. The lowest BCUT2D eigenvalue weighted by Gasteiger charge is -2.34. The van der Waals surface area contributed by atoms with E-state index in [0.717, 1.165) is 4.68 Å². The smallest absolute Gasteiger partial charge is 0.410 e. The van der Waals surface area contributed by atoms with Gasteiger partial charge in [0.05, 0.1) is 18.5 Å². The number of hydrogen-bond donors (Lipinski definition) is 2. The lowest BCUT2D eigenvalue weighted by Crippen LogP contribution is -2.46. The molecule has 2 atom stereocenters. The number of alkyl halides is 3. The van der Waals surface area contributed by atoms with Gasteiger partial charge in [0.2, 0.25) is 0 Å². The molecular formula is C20H27F3N4O2. The van der Waals surface area contributed by atoms with Gasteiger partial charge in [0.15, 0.2) is 6.04 Å². The molecular weight excluding hydrogens is 385 g/mol. The van der Waals surface area contributed by atoms with E-state index in [1.807, 2.05) is 13.8 Å². The van der Waals surface area contributed by atoms with Gasteiger partial charge in [0, 0.05) is 12.0 Å². The topological polar surface area (TPSA) is 72.1 Å². The summed E-state index contributed by atoms with van der Waals surface area (Å²) in [5.74, 6) is -0.0378. The van der Waals surface area contributed by atoms with Gasteiger partial charge in [-0.3, -0.25) is 4.79 Å². The van der Waals surface area contributed by atoms with Crippen LogP contribution in [0.4, 0.5) is 19.0 Å². The first-order valence-electron chi connectivity index (χ1n) is 9.53. The molecule has 3 heterocycles. The van der Waals surface area contributed by atoms with Gasteiger partial charge < -0.3 is 15.1 Å². The molecule has 1 amide bonds. The fraction of sp³-hybridized carbons (Fsp3) is 0.600. The van der Waals surface area contributed by atoms with Gasteiger partial charge >= 0.3 is 6.18 Å². The van der Waals surface area contributed by atoms with E-state index in [4.69, 9.17) is 4.42 Å². The van der Waals surface area contributed by atoms with Crippen molar-refractivity contribution in [2.75, 3.05) is 5.32 Å². The van der Waals surface area contributed by atoms with Crippen molar-refractivity contribution in [1.29, 1.82) is 0 Å². The number of nitrogens with zero attached hydrogens (tertiary/aromatic N) is 2. The van der Waals surface area contributed by atoms with Crippen molar-refractivity contribution in [2.24, 2.45) is 5.41 Å². The number of carbonyl (C=O) groups is 1. The summed E-state index contributed by atoms with van der Waals surface area (Å²) in [4.78, 5) is 12.9. The molecule has 0 saturated heterocycles. The Labute approximate surface area is 167 Å². The molecule has 29 heavy (non-hydrogen) atoms. The number of aromatic nitrogens is 2. The van der Waals surface area contributed by atoms with E-state index >= 15 is 0 Å². The molecule has 1 aliphatic heterocycles. The zero-order valence-corrected chi connectivity index (χ0v) is 17.2. The van der Waals surface area contributed by atoms with Gasteiger partial charge in [0.25, 0.3) is 5.91 Å². The van der Waals surface area contributed by atoms with Crippen LogP contribution in [0.1, 0.15) is 75.7 Å². The molecule has 2 aromatic heterocycles. The highest BCUT2D eigenvalue weighted by Crippen LogP contribution is 2.44. The molecule has 0 aromatic carbocycles. The molecule has 2 N–H and O–H groups in total. The lowest BCUT2D eigenvalue weighted by molar-refractivity contribution is -0.174. The van der Waals surface area contributed by atoms with Crippen molar-refractivity contribution in [3.05, 3.63) is 35.9 Å². The molecule has 3 rings (SSSR count). The van der Waals surface area contributed by atoms with E-state index in [9.17, 15) is 18.0 Å². The summed E-state index contributed by atoms with van der Waals surface area (Å²) in [5, 5.41) is 9.83. The number of rotatable bonds is 4. The quantitative estimate of drug-likeness (QED) is 0.735. The minimum Gasteiger partial charge on any atom is -0.467 e. The van der Waals surface area contributed by atoms with E-state index in [1.165, 1.54) is 12.5 Å². The summed E-state index contributed by atoms with van der Waals surface area (Å²) in [5.41, 5.74) is -0.487. The van der Waals surface area contributed by atoms with Crippen LogP contribution in [0.25, 0.3) is 0 Å². The van der Waals surface area contributed by atoms with Crippen LogP contribution < -0.4 is 10.6 Å². The third kappa shape index (κ3) is 4.76. The Balaban J connectivity index is 1.92. The summed E-state index contributed by atoms with van der Waals surface area (Å²) < 4.78 is 47.2. The van der Waals surface area contributed by atoms with Gasteiger partial charge in [-0.25, -0.2) is 4.68 Å². The largest absolute Gasteiger partial charge is 0.467 e. The van der Waals surface area contributed by atoms with Crippen LogP contribution in [0.3, 0.4) is 0 Å². The predicted octanol–water partition coefficient (Wildman–Crippen LogP) is 5.08. The lowest BCUT2D eigenvalue weighted by atomic mass is 9.81. The maximum atomic E-state index is 13.7. The molecule has 160 valence electrons. The summed E-state index contributed by atoms with van der Waals surface area (Å²) in [6.07, 6.45) is -1.49. The third-order valence-corrected chi connectivity index (χ3v) is 4.79. The first-order valence-corrected chi connectivity index (χ1v) is 9.53. The van der Waals surface area contributed by atoms with Crippen LogP contribution >= 0.6 is 0 Å². The van der Waals surface area contributed by atoms with Crippen molar-refractivity contribution < 1.29 is 22.4 Å². The Morgan fingerprint density at radius 3 is 2.55 bits per heavy atom. The van der Waals surface area contributed by atoms with E-state index in [0.29, 0.717) is 12.2 Å². The molecule has 0 saturated carbocycles. The van der Waals surface area contributed by atoms with E-state index in [2.05, 4.69) is 36.5 Å². The maximum absolute atomic E-state index is 13.7. The predicted molar refractivity (Wildman–Crippen MR) is 103 cm³/mol. The van der Waals surface area contributed by atoms with Gasteiger partial charge in [0.1, 0.15) is 17.1 Å². The maximum Gasteiger partial charge on any atom is 0.410 e. The van der Waals surface area contributed by atoms with Crippen molar-refractivity contribution in [1.82, 2.24) is 15.1 Å². The Bertz CT molecular complexity index is 863. The average molecular weight is 412 g/mol. The van der Waals surface area contributed by atoms with Gasteiger partial charge in [-0.05, 0) is 37.8 Å². The van der Waals surface area contributed by atoms with Crippen molar-refractivity contribution in [3.8, 4) is 0 Å². The first-order chi connectivity index (χ1) is 13.3. The number of anilines is 1. The molecule has 0 bridgehead atoms. The van der Waals surface area contributed by atoms with Crippen LogP contribution in [-0.4, -0.2) is 27.4 Å². The second-order valence-corrected chi connectivity index (χ2v) is 9.43. The number of amides is 1. The molecule has 9 heteroatoms. The Kier molecular flexibility index (Phi) is 5.21. The average Bonchev–Trinajstić information content (AvgIpc) is 3.19. The Morgan fingerprint density at radius 1 is 1.31 bits per heavy atom. The minimum absolute atomic E-state index is 0.0285. The molecule has 0 fully saturated rings. The van der Waals surface area contributed by atoms with Gasteiger partial charge in [-0.2, -0.15) is 18.3 Å². The molecule has 2 aromatic rings. The van der Waals surface area contributed by atoms with Gasteiger partial charge in [-0.1, -0.05) is 20.8 Å². The number of furan rings is 1. The van der Waals surface area contributed by atoms with E-state index in [1.54, 1.807) is 12.1 Å². The minimum atomic E-state index is -4.51. The summed E-state index contributed by atoms with van der Waals surface area (Å²) in [7, 11) is 0. The second kappa shape index (κ2) is 7.11. The van der Waals surface area contributed by atoms with Crippen LogP contribution in [0, 0.1) is 5.41 Å². The normalized spacial score (nSPS) is 20.1. The zero-order valence-electron chi connectivity index (χ0n) is 17.2. The fourth-order valence-corrected chi connectivity index (χ4v) is 4.15. The number of fused-ring (bicyclic) bond motifs is 1. The van der Waals surface area contributed by atoms with Gasteiger partial charge in [-0.15, -0.1) is 0 Å². The molecule has 0 unspecified atom stereocenters. The van der Waals surface area contributed by atoms with E-state index < -0.39 is 29.7 Å². The van der Waals surface area contributed by atoms with Crippen LogP contribution in [0.2, 0.25) is 0 Å². The number of hydrogen-bond acceptors (Lipinski definition) is 4. The molecule has 6 nitrogen and oxygen atoms in total. The number of carbonyl (C=O) groups excluding carboxylic acids is 1.